The average Bonchev–Trinajstić information content (AvgIpc) is 2.64. The second-order valence-electron chi connectivity index (χ2n) is 6.63. The fourth-order valence-electron chi connectivity index (χ4n) is 2.66. The van der Waals surface area contributed by atoms with Gasteiger partial charge in [0.1, 0.15) is 24.7 Å². The lowest BCUT2D eigenvalue weighted by Gasteiger charge is -2.25. The highest BCUT2D eigenvalue weighted by Gasteiger charge is 2.25. The number of benzene rings is 2. The molecule has 0 saturated carbocycles. The van der Waals surface area contributed by atoms with Crippen LogP contribution >= 0.6 is 11.6 Å². The van der Waals surface area contributed by atoms with Crippen LogP contribution in [-0.4, -0.2) is 46.9 Å². The molecule has 7 nitrogen and oxygen atoms in total. The third-order valence-electron chi connectivity index (χ3n) is 4.09. The Bertz CT molecular complexity index is 965. The minimum atomic E-state index is -3.76. The van der Waals surface area contributed by atoms with E-state index in [4.69, 9.17) is 21.1 Å². The molecule has 2 rings (SSSR count). The van der Waals surface area contributed by atoms with Gasteiger partial charge in [-0.3, -0.25) is 9.10 Å². The SMILES string of the molecule is COc1ccc(Cl)cc1N(CC(=O)N[C@H](C)COc1ccccc1C)S(C)(=O)=O. The average molecular weight is 441 g/mol. The number of nitrogens with one attached hydrogen (secondary N) is 1. The van der Waals surface area contributed by atoms with E-state index in [9.17, 15) is 13.2 Å². The second kappa shape index (κ2) is 9.84. The number of hydrogen-bond acceptors (Lipinski definition) is 5. The molecule has 0 aromatic heterocycles. The first kappa shape index (κ1) is 22.8. The number of methoxy groups -OCH3 is 1. The van der Waals surface area contributed by atoms with Crippen molar-refractivity contribution in [1.82, 2.24) is 5.32 Å². The maximum Gasteiger partial charge on any atom is 0.241 e. The van der Waals surface area contributed by atoms with Crippen molar-refractivity contribution in [1.29, 1.82) is 0 Å². The molecule has 0 heterocycles. The summed E-state index contributed by atoms with van der Waals surface area (Å²) in [5.74, 6) is 0.553. The smallest absolute Gasteiger partial charge is 0.241 e. The predicted molar refractivity (Wildman–Crippen MR) is 114 cm³/mol. The summed E-state index contributed by atoms with van der Waals surface area (Å²) in [7, 11) is -2.34. The Kier molecular flexibility index (Phi) is 7.75. The molecule has 1 N–H and O–H groups in total. The highest BCUT2D eigenvalue weighted by atomic mass is 35.5. The summed E-state index contributed by atoms with van der Waals surface area (Å²) in [6.07, 6.45) is 1.02. The molecule has 0 aliphatic carbocycles. The minimum Gasteiger partial charge on any atom is -0.495 e. The second-order valence-corrected chi connectivity index (χ2v) is 8.97. The number of aryl methyl sites for hydroxylation is 1. The number of rotatable bonds is 9. The molecule has 0 aliphatic rings. The van der Waals surface area contributed by atoms with Crippen LogP contribution in [0.15, 0.2) is 42.5 Å². The monoisotopic (exact) mass is 440 g/mol. The summed E-state index contributed by atoms with van der Waals surface area (Å²) in [6, 6.07) is 11.8. The normalized spacial score (nSPS) is 12.2. The van der Waals surface area contributed by atoms with Gasteiger partial charge in [0.05, 0.1) is 25.1 Å². The van der Waals surface area contributed by atoms with Crippen molar-refractivity contribution in [3.05, 3.63) is 53.1 Å². The Morgan fingerprint density at radius 3 is 2.52 bits per heavy atom. The number of para-hydroxylation sites is 1. The number of sulfonamides is 1. The van der Waals surface area contributed by atoms with Crippen molar-refractivity contribution in [2.45, 2.75) is 19.9 Å². The van der Waals surface area contributed by atoms with E-state index in [-0.39, 0.29) is 18.3 Å². The van der Waals surface area contributed by atoms with E-state index in [1.807, 2.05) is 31.2 Å². The minimum absolute atomic E-state index is 0.196. The van der Waals surface area contributed by atoms with E-state index >= 15 is 0 Å². The summed E-state index contributed by atoms with van der Waals surface area (Å²) >= 11 is 6.01. The molecule has 2 aromatic rings. The van der Waals surface area contributed by atoms with Gasteiger partial charge in [-0.05, 0) is 43.7 Å². The summed E-state index contributed by atoms with van der Waals surface area (Å²) in [5.41, 5.74) is 1.18. The van der Waals surface area contributed by atoms with Crippen molar-refractivity contribution in [2.75, 3.05) is 30.8 Å². The number of nitrogens with zero attached hydrogens (tertiary/aromatic N) is 1. The molecule has 29 heavy (non-hydrogen) atoms. The van der Waals surface area contributed by atoms with Crippen LogP contribution < -0.4 is 19.1 Å². The van der Waals surface area contributed by atoms with Gasteiger partial charge in [-0.2, -0.15) is 0 Å². The van der Waals surface area contributed by atoms with Gasteiger partial charge in [0.25, 0.3) is 0 Å². The zero-order valence-corrected chi connectivity index (χ0v) is 18.4. The zero-order valence-electron chi connectivity index (χ0n) is 16.8. The quantitative estimate of drug-likeness (QED) is 0.647. The molecule has 1 amide bonds. The third-order valence-corrected chi connectivity index (χ3v) is 5.45. The van der Waals surface area contributed by atoms with Crippen LogP contribution in [0.3, 0.4) is 0 Å². The van der Waals surface area contributed by atoms with E-state index in [0.29, 0.717) is 10.8 Å². The lowest BCUT2D eigenvalue weighted by molar-refractivity contribution is -0.120. The van der Waals surface area contributed by atoms with Crippen LogP contribution in [-0.2, 0) is 14.8 Å². The van der Waals surface area contributed by atoms with E-state index in [1.54, 1.807) is 19.1 Å². The number of hydrogen-bond donors (Lipinski definition) is 1. The highest BCUT2D eigenvalue weighted by Crippen LogP contribution is 2.32. The zero-order chi connectivity index (χ0) is 21.6. The Morgan fingerprint density at radius 1 is 1.21 bits per heavy atom. The van der Waals surface area contributed by atoms with Crippen LogP contribution in [0.1, 0.15) is 12.5 Å². The molecule has 0 unspecified atom stereocenters. The topological polar surface area (TPSA) is 84.9 Å². The molecule has 0 fully saturated rings. The van der Waals surface area contributed by atoms with Crippen LogP contribution in [0, 0.1) is 6.92 Å². The van der Waals surface area contributed by atoms with Gasteiger partial charge in [0.2, 0.25) is 15.9 Å². The maximum absolute atomic E-state index is 12.5. The van der Waals surface area contributed by atoms with Crippen molar-refractivity contribution >= 4 is 33.2 Å². The van der Waals surface area contributed by atoms with Crippen LogP contribution in [0.4, 0.5) is 5.69 Å². The molecule has 1 atom stereocenters. The molecule has 0 aliphatic heterocycles. The Labute approximate surface area is 176 Å². The first-order chi connectivity index (χ1) is 13.6. The first-order valence-corrected chi connectivity index (χ1v) is 11.1. The van der Waals surface area contributed by atoms with Crippen molar-refractivity contribution < 1.29 is 22.7 Å². The van der Waals surface area contributed by atoms with Gasteiger partial charge in [-0.1, -0.05) is 29.8 Å². The van der Waals surface area contributed by atoms with Crippen molar-refractivity contribution in [3.63, 3.8) is 0 Å². The third kappa shape index (κ3) is 6.54. The van der Waals surface area contributed by atoms with E-state index in [1.165, 1.54) is 13.2 Å². The van der Waals surface area contributed by atoms with Crippen LogP contribution in [0.5, 0.6) is 11.5 Å². The van der Waals surface area contributed by atoms with Crippen molar-refractivity contribution in [2.24, 2.45) is 0 Å². The van der Waals surface area contributed by atoms with Gasteiger partial charge in [0.15, 0.2) is 0 Å². The predicted octanol–water partition coefficient (Wildman–Crippen LogP) is 3.01. The number of anilines is 1. The van der Waals surface area contributed by atoms with Crippen molar-refractivity contribution in [3.8, 4) is 11.5 Å². The standard InChI is InChI=1S/C20H25ClN2O5S/c1-14-7-5-6-8-18(14)28-13-15(2)22-20(24)12-23(29(4,25)26)17-11-16(21)9-10-19(17)27-3/h5-11,15H,12-13H2,1-4H3,(H,22,24)/t15-/m1/s1. The van der Waals surface area contributed by atoms with Gasteiger partial charge < -0.3 is 14.8 Å². The molecule has 2 aromatic carbocycles. The van der Waals surface area contributed by atoms with E-state index in [0.717, 1.165) is 21.9 Å². The summed E-state index contributed by atoms with van der Waals surface area (Å²) in [4.78, 5) is 12.5. The summed E-state index contributed by atoms with van der Waals surface area (Å²) in [5, 5.41) is 3.08. The first-order valence-electron chi connectivity index (χ1n) is 8.91. The maximum atomic E-state index is 12.5. The van der Waals surface area contributed by atoms with Gasteiger partial charge in [0, 0.05) is 5.02 Å². The highest BCUT2D eigenvalue weighted by molar-refractivity contribution is 7.92. The molecular formula is C20H25ClN2O5S. The Morgan fingerprint density at radius 2 is 1.90 bits per heavy atom. The molecule has 0 radical (unpaired) electrons. The van der Waals surface area contributed by atoms with E-state index < -0.39 is 22.5 Å². The molecular weight excluding hydrogens is 416 g/mol. The number of ether oxygens (including phenoxy) is 2. The molecule has 0 saturated heterocycles. The fourth-order valence-corrected chi connectivity index (χ4v) is 3.68. The van der Waals surface area contributed by atoms with Gasteiger partial charge in [-0.25, -0.2) is 8.42 Å². The number of carbonyl (C=O) groups is 1. The Balaban J connectivity index is 2.07. The number of amides is 1. The van der Waals surface area contributed by atoms with Crippen LogP contribution in [0.25, 0.3) is 0 Å². The molecule has 0 spiro atoms. The number of halogens is 1. The van der Waals surface area contributed by atoms with Gasteiger partial charge >= 0.3 is 0 Å². The summed E-state index contributed by atoms with van der Waals surface area (Å²) < 4.78 is 36.5. The molecule has 0 bridgehead atoms. The van der Waals surface area contributed by atoms with Crippen LogP contribution in [0.2, 0.25) is 5.02 Å². The lowest BCUT2D eigenvalue weighted by Crippen LogP contribution is -2.45. The van der Waals surface area contributed by atoms with Gasteiger partial charge in [-0.15, -0.1) is 0 Å². The molecule has 9 heteroatoms. The number of carbonyl (C=O) groups excluding carboxylic acids is 1. The summed E-state index contributed by atoms with van der Waals surface area (Å²) in [6.45, 7) is 3.54. The largest absolute Gasteiger partial charge is 0.495 e. The fraction of sp³-hybridized carbons (Fsp3) is 0.350. The Hall–Kier alpha value is -2.45. The molecule has 158 valence electrons. The lowest BCUT2D eigenvalue weighted by atomic mass is 10.2. The van der Waals surface area contributed by atoms with E-state index in [2.05, 4.69) is 5.32 Å².